The Morgan fingerprint density at radius 1 is 1.24 bits per heavy atom. The van der Waals surface area contributed by atoms with Crippen LogP contribution in [0.25, 0.3) is 5.65 Å². The van der Waals surface area contributed by atoms with Gasteiger partial charge in [-0.3, -0.25) is 0 Å². The predicted octanol–water partition coefficient (Wildman–Crippen LogP) is 2.11. The van der Waals surface area contributed by atoms with Crippen LogP contribution in [0.1, 0.15) is 5.69 Å². The van der Waals surface area contributed by atoms with E-state index in [0.29, 0.717) is 24.8 Å². The molecule has 0 aliphatic rings. The topological polar surface area (TPSA) is 77.5 Å². The maximum absolute atomic E-state index is 5.69. The number of nitrogens with zero attached hydrogens (tertiary/aromatic N) is 3. The number of ether oxygens (including phenoxy) is 1. The molecule has 0 aliphatic heterocycles. The Morgan fingerprint density at radius 3 is 2.90 bits per heavy atom. The molecule has 0 aliphatic carbocycles. The van der Waals surface area contributed by atoms with Gasteiger partial charge in [-0.1, -0.05) is 12.1 Å². The number of aromatic nitrogens is 3. The van der Waals surface area contributed by atoms with Crippen molar-refractivity contribution in [2.45, 2.75) is 6.92 Å². The number of nitrogens with one attached hydrogen (secondary N) is 1. The molecule has 2 aromatic heterocycles. The molecule has 0 atom stereocenters. The SMILES string of the molecule is Cc1cccc2nc(NCCOc3cccc(N)c3)nn12. The molecule has 6 nitrogen and oxygen atoms in total. The van der Waals surface area contributed by atoms with E-state index < -0.39 is 0 Å². The summed E-state index contributed by atoms with van der Waals surface area (Å²) in [4.78, 5) is 4.40. The lowest BCUT2D eigenvalue weighted by Gasteiger charge is -2.06. The zero-order valence-corrected chi connectivity index (χ0v) is 11.8. The van der Waals surface area contributed by atoms with Crippen LogP contribution in [-0.4, -0.2) is 27.7 Å². The molecule has 0 amide bonds. The van der Waals surface area contributed by atoms with Crippen LogP contribution in [0.4, 0.5) is 11.6 Å². The standard InChI is InChI=1S/C15H17N5O/c1-11-4-2-7-14-18-15(19-20(11)14)17-8-9-21-13-6-3-5-12(16)10-13/h2-7,10H,8-9,16H2,1H3,(H,17,19). The third-order valence-corrected chi connectivity index (χ3v) is 3.06. The van der Waals surface area contributed by atoms with E-state index in [0.717, 1.165) is 17.1 Å². The molecule has 0 spiro atoms. The van der Waals surface area contributed by atoms with Gasteiger partial charge < -0.3 is 15.8 Å². The van der Waals surface area contributed by atoms with Crippen LogP contribution in [0, 0.1) is 6.92 Å². The van der Waals surface area contributed by atoms with Crippen molar-refractivity contribution in [1.82, 2.24) is 14.6 Å². The molecule has 3 rings (SSSR count). The smallest absolute Gasteiger partial charge is 0.243 e. The van der Waals surface area contributed by atoms with Crippen LogP contribution < -0.4 is 15.8 Å². The summed E-state index contributed by atoms with van der Waals surface area (Å²) in [7, 11) is 0. The molecule has 0 bridgehead atoms. The molecule has 108 valence electrons. The lowest BCUT2D eigenvalue weighted by molar-refractivity contribution is 0.333. The molecule has 21 heavy (non-hydrogen) atoms. The van der Waals surface area contributed by atoms with Gasteiger partial charge in [-0.2, -0.15) is 4.98 Å². The fraction of sp³-hybridized carbons (Fsp3) is 0.200. The average Bonchev–Trinajstić information content (AvgIpc) is 2.88. The van der Waals surface area contributed by atoms with Gasteiger partial charge in [0, 0.05) is 17.4 Å². The van der Waals surface area contributed by atoms with Crippen molar-refractivity contribution in [3.8, 4) is 5.75 Å². The highest BCUT2D eigenvalue weighted by Crippen LogP contribution is 2.14. The number of hydrogen-bond acceptors (Lipinski definition) is 5. The minimum atomic E-state index is 0.512. The van der Waals surface area contributed by atoms with E-state index in [4.69, 9.17) is 10.5 Å². The molecule has 2 heterocycles. The van der Waals surface area contributed by atoms with Crippen LogP contribution in [0.2, 0.25) is 0 Å². The zero-order chi connectivity index (χ0) is 14.7. The van der Waals surface area contributed by atoms with E-state index in [9.17, 15) is 0 Å². The van der Waals surface area contributed by atoms with Gasteiger partial charge in [0.15, 0.2) is 5.65 Å². The van der Waals surface area contributed by atoms with Crippen molar-refractivity contribution < 1.29 is 4.74 Å². The quantitative estimate of drug-likeness (QED) is 0.554. The molecule has 0 unspecified atom stereocenters. The second kappa shape index (κ2) is 5.70. The highest BCUT2D eigenvalue weighted by atomic mass is 16.5. The van der Waals surface area contributed by atoms with Gasteiger partial charge in [0.1, 0.15) is 12.4 Å². The lowest BCUT2D eigenvalue weighted by Crippen LogP contribution is -2.12. The van der Waals surface area contributed by atoms with Crippen molar-refractivity contribution in [2.75, 3.05) is 24.2 Å². The number of pyridine rings is 1. The highest BCUT2D eigenvalue weighted by Gasteiger charge is 2.04. The number of nitrogen functional groups attached to an aromatic ring is 1. The fourth-order valence-corrected chi connectivity index (χ4v) is 2.05. The summed E-state index contributed by atoms with van der Waals surface area (Å²) in [5.74, 6) is 1.36. The van der Waals surface area contributed by atoms with Crippen LogP contribution in [0.3, 0.4) is 0 Å². The van der Waals surface area contributed by atoms with Gasteiger partial charge in [0.05, 0.1) is 6.54 Å². The van der Waals surface area contributed by atoms with Gasteiger partial charge in [-0.05, 0) is 31.2 Å². The van der Waals surface area contributed by atoms with Gasteiger partial charge in [-0.25, -0.2) is 4.52 Å². The minimum Gasteiger partial charge on any atom is -0.492 e. The molecule has 0 radical (unpaired) electrons. The first-order valence-corrected chi connectivity index (χ1v) is 6.77. The van der Waals surface area contributed by atoms with Crippen LogP contribution >= 0.6 is 0 Å². The van der Waals surface area contributed by atoms with Crippen molar-refractivity contribution in [3.63, 3.8) is 0 Å². The Morgan fingerprint density at radius 2 is 2.10 bits per heavy atom. The molecule has 6 heteroatoms. The second-order valence-electron chi connectivity index (χ2n) is 4.72. The molecular weight excluding hydrogens is 266 g/mol. The Balaban J connectivity index is 1.56. The molecule has 0 saturated carbocycles. The third kappa shape index (κ3) is 3.05. The number of fused-ring (bicyclic) bond motifs is 1. The summed E-state index contributed by atoms with van der Waals surface area (Å²) in [6.45, 7) is 3.12. The number of aryl methyl sites for hydroxylation is 1. The van der Waals surface area contributed by atoms with Gasteiger partial charge in [-0.15, -0.1) is 5.10 Å². The summed E-state index contributed by atoms with van der Waals surface area (Å²) >= 11 is 0. The number of rotatable bonds is 5. The van der Waals surface area contributed by atoms with E-state index in [1.54, 1.807) is 10.6 Å². The fourth-order valence-electron chi connectivity index (χ4n) is 2.05. The normalized spacial score (nSPS) is 10.7. The van der Waals surface area contributed by atoms with Crippen molar-refractivity contribution in [2.24, 2.45) is 0 Å². The van der Waals surface area contributed by atoms with E-state index in [1.165, 1.54) is 0 Å². The van der Waals surface area contributed by atoms with Crippen LogP contribution in [0.5, 0.6) is 5.75 Å². The third-order valence-electron chi connectivity index (χ3n) is 3.06. The second-order valence-corrected chi connectivity index (χ2v) is 4.72. The van der Waals surface area contributed by atoms with E-state index >= 15 is 0 Å². The largest absolute Gasteiger partial charge is 0.492 e. The first-order chi connectivity index (χ1) is 10.2. The minimum absolute atomic E-state index is 0.512. The molecular formula is C15H17N5O. The first-order valence-electron chi connectivity index (χ1n) is 6.77. The number of nitrogens with two attached hydrogens (primary N) is 1. The van der Waals surface area contributed by atoms with Crippen molar-refractivity contribution >= 4 is 17.3 Å². The Kier molecular flexibility index (Phi) is 3.59. The van der Waals surface area contributed by atoms with E-state index in [2.05, 4.69) is 15.4 Å². The van der Waals surface area contributed by atoms with Crippen molar-refractivity contribution in [1.29, 1.82) is 0 Å². The van der Waals surface area contributed by atoms with Crippen LogP contribution in [-0.2, 0) is 0 Å². The predicted molar refractivity (Wildman–Crippen MR) is 82.6 cm³/mol. The molecule has 0 saturated heterocycles. The monoisotopic (exact) mass is 283 g/mol. The number of anilines is 2. The Bertz CT molecular complexity index is 753. The average molecular weight is 283 g/mol. The molecule has 3 aromatic rings. The number of benzene rings is 1. The Labute approximate surface area is 122 Å². The molecule has 1 aromatic carbocycles. The lowest BCUT2D eigenvalue weighted by atomic mass is 10.3. The first kappa shape index (κ1) is 13.2. The maximum Gasteiger partial charge on any atom is 0.243 e. The van der Waals surface area contributed by atoms with Crippen molar-refractivity contribution in [3.05, 3.63) is 48.2 Å². The number of hydrogen-bond donors (Lipinski definition) is 2. The summed E-state index contributed by atoms with van der Waals surface area (Å²) in [5, 5.41) is 7.54. The zero-order valence-electron chi connectivity index (χ0n) is 11.8. The summed E-state index contributed by atoms with van der Waals surface area (Å²) in [6, 6.07) is 13.3. The Hall–Kier alpha value is -2.76. The summed E-state index contributed by atoms with van der Waals surface area (Å²) in [5.41, 5.74) is 8.26. The highest BCUT2D eigenvalue weighted by molar-refractivity contribution is 5.45. The summed E-state index contributed by atoms with van der Waals surface area (Å²) < 4.78 is 7.41. The van der Waals surface area contributed by atoms with E-state index in [1.807, 2.05) is 43.3 Å². The summed E-state index contributed by atoms with van der Waals surface area (Å²) in [6.07, 6.45) is 0. The van der Waals surface area contributed by atoms with E-state index in [-0.39, 0.29) is 0 Å². The maximum atomic E-state index is 5.69. The van der Waals surface area contributed by atoms with Gasteiger partial charge >= 0.3 is 0 Å². The van der Waals surface area contributed by atoms with Gasteiger partial charge in [0.25, 0.3) is 0 Å². The molecule has 3 N–H and O–H groups in total. The van der Waals surface area contributed by atoms with Crippen LogP contribution in [0.15, 0.2) is 42.5 Å². The van der Waals surface area contributed by atoms with Gasteiger partial charge in [0.2, 0.25) is 5.95 Å². The molecule has 0 fully saturated rings.